The summed E-state index contributed by atoms with van der Waals surface area (Å²) in [5, 5.41) is 2.71. The van der Waals surface area contributed by atoms with Gasteiger partial charge in [-0.2, -0.15) is 0 Å². The van der Waals surface area contributed by atoms with Crippen molar-refractivity contribution in [1.29, 1.82) is 0 Å². The van der Waals surface area contributed by atoms with Crippen LogP contribution >= 0.6 is 0 Å². The molecule has 4 rings (SSSR count). The first-order valence-electron chi connectivity index (χ1n) is 11.9. The number of carbonyl (C=O) groups excluding carboxylic acids is 1. The average molecular weight is 535 g/mol. The first-order valence-corrected chi connectivity index (χ1v) is 13.4. The van der Waals surface area contributed by atoms with Crippen LogP contribution in [-0.2, 0) is 21.4 Å². The lowest BCUT2D eigenvalue weighted by atomic mass is 10.2. The minimum Gasteiger partial charge on any atom is -0.494 e. The number of rotatable bonds is 11. The van der Waals surface area contributed by atoms with E-state index >= 15 is 0 Å². The quantitative estimate of drug-likeness (QED) is 0.269. The number of nitrogens with one attached hydrogen (secondary N) is 1. The summed E-state index contributed by atoms with van der Waals surface area (Å²) >= 11 is 0. The molecule has 0 spiro atoms. The number of sulfonamides is 1. The number of nitrogens with zero attached hydrogens (tertiary/aromatic N) is 1. The van der Waals surface area contributed by atoms with Crippen molar-refractivity contribution in [2.75, 3.05) is 22.8 Å². The molecule has 4 aromatic rings. The van der Waals surface area contributed by atoms with Crippen LogP contribution in [0.25, 0.3) is 0 Å². The predicted molar refractivity (Wildman–Crippen MR) is 144 cm³/mol. The summed E-state index contributed by atoms with van der Waals surface area (Å²) in [5.41, 5.74) is 1.65. The smallest absolute Gasteiger partial charge is 0.264 e. The fourth-order valence-corrected chi connectivity index (χ4v) is 5.05. The summed E-state index contributed by atoms with van der Waals surface area (Å²) in [4.78, 5) is 12.9. The maximum atomic E-state index is 13.5. The van der Waals surface area contributed by atoms with Crippen molar-refractivity contribution in [3.05, 3.63) is 115 Å². The van der Waals surface area contributed by atoms with E-state index in [-0.39, 0.29) is 10.6 Å². The molecule has 0 saturated heterocycles. The van der Waals surface area contributed by atoms with E-state index in [9.17, 15) is 17.6 Å². The lowest BCUT2D eigenvalue weighted by molar-refractivity contribution is -0.114. The van der Waals surface area contributed by atoms with E-state index in [1.807, 2.05) is 37.3 Å². The minimum absolute atomic E-state index is 0.0296. The maximum absolute atomic E-state index is 13.5. The predicted octanol–water partition coefficient (Wildman–Crippen LogP) is 5.64. The van der Waals surface area contributed by atoms with Crippen LogP contribution in [-0.4, -0.2) is 27.5 Å². The zero-order valence-corrected chi connectivity index (χ0v) is 21.5. The van der Waals surface area contributed by atoms with Crippen molar-refractivity contribution in [1.82, 2.24) is 0 Å². The van der Waals surface area contributed by atoms with Crippen molar-refractivity contribution in [3.8, 4) is 11.5 Å². The zero-order valence-electron chi connectivity index (χ0n) is 20.7. The highest BCUT2D eigenvalue weighted by atomic mass is 32.2. The van der Waals surface area contributed by atoms with Crippen molar-refractivity contribution < 1.29 is 27.1 Å². The minimum atomic E-state index is -4.15. The number of amides is 1. The molecule has 0 heterocycles. The van der Waals surface area contributed by atoms with Crippen LogP contribution in [0.3, 0.4) is 0 Å². The number of ether oxygens (including phenoxy) is 2. The van der Waals surface area contributed by atoms with E-state index in [1.54, 1.807) is 36.4 Å². The molecular formula is C29H27FN2O5S. The Hall–Kier alpha value is -4.37. The van der Waals surface area contributed by atoms with Gasteiger partial charge in [0.05, 0.1) is 17.2 Å². The highest BCUT2D eigenvalue weighted by Gasteiger charge is 2.27. The second-order valence-corrected chi connectivity index (χ2v) is 10.1. The van der Waals surface area contributed by atoms with Crippen molar-refractivity contribution >= 4 is 27.3 Å². The highest BCUT2D eigenvalue weighted by molar-refractivity contribution is 7.92. The summed E-state index contributed by atoms with van der Waals surface area (Å²) in [6.07, 6.45) is 0. The number of halogens is 1. The molecule has 9 heteroatoms. The molecule has 0 radical (unpaired) electrons. The van der Waals surface area contributed by atoms with Crippen molar-refractivity contribution in [3.63, 3.8) is 0 Å². The Bertz CT molecular complexity index is 1440. The fourth-order valence-electron chi connectivity index (χ4n) is 3.63. The maximum Gasteiger partial charge on any atom is 0.264 e. The van der Waals surface area contributed by atoms with Crippen LogP contribution in [0, 0.1) is 5.82 Å². The topological polar surface area (TPSA) is 84.9 Å². The second-order valence-electron chi connectivity index (χ2n) is 8.24. The van der Waals surface area contributed by atoms with Gasteiger partial charge in [-0.3, -0.25) is 9.10 Å². The number of hydrogen-bond acceptors (Lipinski definition) is 5. The molecule has 0 unspecified atom stereocenters. The molecule has 4 aromatic carbocycles. The standard InChI is InChI=1S/C29H27FN2O5S/c1-2-36-26-16-18-28(19-17-26)38(34,35)32(25-12-8-23(30)9-13-25)20-29(33)31-24-10-14-27(15-11-24)37-21-22-6-4-3-5-7-22/h3-19H,2,20-21H2,1H3,(H,31,33). The van der Waals surface area contributed by atoms with E-state index in [2.05, 4.69) is 5.32 Å². The highest BCUT2D eigenvalue weighted by Crippen LogP contribution is 2.26. The van der Waals surface area contributed by atoms with E-state index in [0.717, 1.165) is 22.0 Å². The third-order valence-electron chi connectivity index (χ3n) is 5.51. The van der Waals surface area contributed by atoms with Crippen LogP contribution in [0.2, 0.25) is 0 Å². The van der Waals surface area contributed by atoms with Gasteiger partial charge in [-0.15, -0.1) is 0 Å². The molecule has 1 N–H and O–H groups in total. The van der Waals surface area contributed by atoms with E-state index in [4.69, 9.17) is 9.47 Å². The van der Waals surface area contributed by atoms with Crippen molar-refractivity contribution in [2.24, 2.45) is 0 Å². The summed E-state index contributed by atoms with van der Waals surface area (Å²) in [6.45, 7) is 2.15. The number of hydrogen-bond donors (Lipinski definition) is 1. The van der Waals surface area contributed by atoms with Gasteiger partial charge in [0.15, 0.2) is 0 Å². The van der Waals surface area contributed by atoms with E-state index < -0.39 is 28.3 Å². The summed E-state index contributed by atoms with van der Waals surface area (Å²) < 4.78 is 52.6. The van der Waals surface area contributed by atoms with E-state index in [1.165, 1.54) is 24.3 Å². The van der Waals surface area contributed by atoms with Gasteiger partial charge in [0, 0.05) is 5.69 Å². The van der Waals surface area contributed by atoms with Gasteiger partial charge in [0.1, 0.15) is 30.5 Å². The molecule has 0 fully saturated rings. The Morgan fingerprint density at radius 1 is 0.816 bits per heavy atom. The molecule has 196 valence electrons. The third-order valence-corrected chi connectivity index (χ3v) is 7.30. The molecule has 0 aromatic heterocycles. The Kier molecular flexibility index (Phi) is 8.60. The Morgan fingerprint density at radius 2 is 1.42 bits per heavy atom. The largest absolute Gasteiger partial charge is 0.494 e. The number of anilines is 2. The van der Waals surface area contributed by atoms with Gasteiger partial charge < -0.3 is 14.8 Å². The SMILES string of the molecule is CCOc1ccc(S(=O)(=O)N(CC(=O)Nc2ccc(OCc3ccccc3)cc2)c2ccc(F)cc2)cc1. The molecule has 0 saturated carbocycles. The van der Waals surface area contributed by atoms with Gasteiger partial charge in [0.25, 0.3) is 10.0 Å². The van der Waals surface area contributed by atoms with Gasteiger partial charge in [-0.25, -0.2) is 12.8 Å². The van der Waals surface area contributed by atoms with Crippen LogP contribution in [0.5, 0.6) is 11.5 Å². The molecule has 0 aliphatic heterocycles. The molecule has 38 heavy (non-hydrogen) atoms. The Morgan fingerprint density at radius 3 is 2.05 bits per heavy atom. The van der Waals surface area contributed by atoms with Crippen LogP contribution in [0.1, 0.15) is 12.5 Å². The van der Waals surface area contributed by atoms with Gasteiger partial charge in [-0.1, -0.05) is 30.3 Å². The summed E-state index contributed by atoms with van der Waals surface area (Å²) in [5.74, 6) is 0.0552. The summed E-state index contributed by atoms with van der Waals surface area (Å²) in [6, 6.07) is 27.3. The van der Waals surface area contributed by atoms with E-state index in [0.29, 0.717) is 30.4 Å². The molecule has 0 atom stereocenters. The van der Waals surface area contributed by atoms with Crippen molar-refractivity contribution in [2.45, 2.75) is 18.4 Å². The van der Waals surface area contributed by atoms with Crippen LogP contribution in [0.15, 0.2) is 108 Å². The number of carbonyl (C=O) groups is 1. The van der Waals surface area contributed by atoms with Gasteiger partial charge in [0.2, 0.25) is 5.91 Å². The average Bonchev–Trinajstić information content (AvgIpc) is 2.93. The molecule has 1 amide bonds. The molecule has 0 aliphatic rings. The zero-order chi connectivity index (χ0) is 27.0. The second kappa shape index (κ2) is 12.2. The third kappa shape index (κ3) is 6.89. The summed E-state index contributed by atoms with van der Waals surface area (Å²) in [7, 11) is -4.15. The first-order chi connectivity index (χ1) is 18.3. The fraction of sp³-hybridized carbons (Fsp3) is 0.138. The Balaban J connectivity index is 1.48. The molecule has 7 nitrogen and oxygen atoms in total. The van der Waals surface area contributed by atoms with Crippen LogP contribution in [0.4, 0.5) is 15.8 Å². The lowest BCUT2D eigenvalue weighted by Crippen LogP contribution is -2.38. The lowest BCUT2D eigenvalue weighted by Gasteiger charge is -2.24. The van der Waals surface area contributed by atoms with Crippen LogP contribution < -0.4 is 19.1 Å². The monoisotopic (exact) mass is 534 g/mol. The Labute approximate surface area is 221 Å². The normalized spacial score (nSPS) is 11.0. The molecule has 0 aliphatic carbocycles. The first kappa shape index (κ1) is 26.7. The van der Waals surface area contributed by atoms with Gasteiger partial charge >= 0.3 is 0 Å². The van der Waals surface area contributed by atoms with Gasteiger partial charge in [-0.05, 0) is 85.3 Å². The molecular weight excluding hydrogens is 507 g/mol. The molecule has 0 bridgehead atoms. The number of benzene rings is 4.